The molecule has 2 N–H and O–H groups in total. The molecule has 0 saturated carbocycles. The van der Waals surface area contributed by atoms with Crippen molar-refractivity contribution in [3.05, 3.63) is 105 Å². The first kappa shape index (κ1) is 28.3. The smallest absolute Gasteiger partial charge is 0.348 e. The predicted molar refractivity (Wildman–Crippen MR) is 136 cm³/mol. The summed E-state index contributed by atoms with van der Waals surface area (Å²) in [6, 6.07) is 13.9. The first-order valence-electron chi connectivity index (χ1n) is 11.7. The fourth-order valence-corrected chi connectivity index (χ4v) is 5.60. The molecule has 38 heavy (non-hydrogen) atoms. The Morgan fingerprint density at radius 1 is 0.921 bits per heavy atom. The average molecular weight is 573 g/mol. The van der Waals surface area contributed by atoms with Gasteiger partial charge in [-0.1, -0.05) is 29.8 Å². The van der Waals surface area contributed by atoms with Crippen molar-refractivity contribution < 1.29 is 31.1 Å². The van der Waals surface area contributed by atoms with E-state index in [4.69, 9.17) is 11.6 Å². The normalized spacial score (nSPS) is 16.0. The third kappa shape index (κ3) is 7.24. The number of fused-ring (bicyclic) bond motifs is 1. The lowest BCUT2D eigenvalue weighted by molar-refractivity contribution is -0.143. The van der Waals surface area contributed by atoms with Gasteiger partial charge >= 0.3 is 12.4 Å². The van der Waals surface area contributed by atoms with Gasteiger partial charge in [-0.15, -0.1) is 11.8 Å². The summed E-state index contributed by atoms with van der Waals surface area (Å²) in [6.45, 7) is 1.19. The van der Waals surface area contributed by atoms with Crippen LogP contribution in [0.3, 0.4) is 0 Å². The van der Waals surface area contributed by atoms with Gasteiger partial charge in [-0.2, -0.15) is 26.3 Å². The molecule has 0 fully saturated rings. The number of carbonyl (C=O) groups is 1. The molecule has 1 amide bonds. The Hall–Kier alpha value is -2.69. The van der Waals surface area contributed by atoms with E-state index in [1.165, 1.54) is 11.1 Å². The van der Waals surface area contributed by atoms with Crippen LogP contribution in [0.1, 0.15) is 49.0 Å². The number of amides is 1. The lowest BCUT2D eigenvalue weighted by Gasteiger charge is -2.17. The van der Waals surface area contributed by atoms with Gasteiger partial charge in [0.05, 0.1) is 11.1 Å². The van der Waals surface area contributed by atoms with Crippen LogP contribution in [0.25, 0.3) is 0 Å². The van der Waals surface area contributed by atoms with E-state index in [2.05, 4.69) is 16.7 Å². The molecular formula is C27H23ClF6N2OS. The monoisotopic (exact) mass is 572 g/mol. The first-order chi connectivity index (χ1) is 17.9. The number of halogens is 7. The molecule has 0 aliphatic carbocycles. The largest absolute Gasteiger partial charge is 0.416 e. The second-order valence-corrected chi connectivity index (χ2v) is 10.5. The van der Waals surface area contributed by atoms with Crippen molar-refractivity contribution in [3.8, 4) is 0 Å². The van der Waals surface area contributed by atoms with E-state index in [0.29, 0.717) is 22.9 Å². The van der Waals surface area contributed by atoms with Crippen LogP contribution in [0.4, 0.5) is 26.3 Å². The van der Waals surface area contributed by atoms with E-state index in [9.17, 15) is 31.1 Å². The number of hydrogen-bond acceptors (Lipinski definition) is 3. The highest BCUT2D eigenvalue weighted by Gasteiger charge is 2.36. The third-order valence-corrected chi connectivity index (χ3v) is 7.68. The molecule has 1 heterocycles. The molecule has 11 heteroatoms. The lowest BCUT2D eigenvalue weighted by atomic mass is 10.0. The van der Waals surface area contributed by atoms with E-state index in [0.717, 1.165) is 25.1 Å². The van der Waals surface area contributed by atoms with E-state index < -0.39 is 35.9 Å². The van der Waals surface area contributed by atoms with Crippen LogP contribution in [0, 0.1) is 0 Å². The van der Waals surface area contributed by atoms with E-state index >= 15 is 0 Å². The molecule has 0 aromatic heterocycles. The van der Waals surface area contributed by atoms with Crippen molar-refractivity contribution in [2.75, 3.05) is 13.1 Å². The van der Waals surface area contributed by atoms with Crippen LogP contribution >= 0.6 is 23.4 Å². The van der Waals surface area contributed by atoms with Crippen LogP contribution in [-0.2, 0) is 31.1 Å². The second-order valence-electron chi connectivity index (χ2n) is 8.89. The summed E-state index contributed by atoms with van der Waals surface area (Å²) in [5, 5.41) is 6.76. The van der Waals surface area contributed by atoms with E-state index in [1.807, 2.05) is 12.1 Å². The van der Waals surface area contributed by atoms with Gasteiger partial charge in [-0.05, 0) is 77.7 Å². The zero-order valence-corrected chi connectivity index (χ0v) is 21.4. The predicted octanol–water partition coefficient (Wildman–Crippen LogP) is 7.43. The maximum absolute atomic E-state index is 13.1. The first-order valence-corrected chi connectivity index (χ1v) is 13.1. The summed E-state index contributed by atoms with van der Waals surface area (Å²) in [5.74, 6) is 0.0785. The number of rotatable bonds is 6. The van der Waals surface area contributed by atoms with Crippen molar-refractivity contribution >= 4 is 29.3 Å². The van der Waals surface area contributed by atoms with Gasteiger partial charge in [0.15, 0.2) is 0 Å². The molecule has 0 spiro atoms. The van der Waals surface area contributed by atoms with Crippen LogP contribution in [0.15, 0.2) is 60.7 Å². The van der Waals surface area contributed by atoms with Crippen LogP contribution in [0.5, 0.6) is 0 Å². The zero-order valence-electron chi connectivity index (χ0n) is 19.8. The molecule has 3 nitrogen and oxygen atoms in total. The molecule has 0 bridgehead atoms. The Kier molecular flexibility index (Phi) is 8.64. The quantitative estimate of drug-likeness (QED) is 0.302. The van der Waals surface area contributed by atoms with Gasteiger partial charge < -0.3 is 10.6 Å². The minimum atomic E-state index is -4.95. The maximum atomic E-state index is 13.1. The molecule has 0 saturated heterocycles. The average Bonchev–Trinajstić information content (AvgIpc) is 3.06. The van der Waals surface area contributed by atoms with Crippen molar-refractivity contribution in [1.29, 1.82) is 0 Å². The van der Waals surface area contributed by atoms with Crippen molar-refractivity contribution in [2.45, 2.75) is 36.3 Å². The maximum Gasteiger partial charge on any atom is 0.416 e. The minimum absolute atomic E-state index is 0.0565. The molecule has 4 rings (SSSR count). The van der Waals surface area contributed by atoms with Gasteiger partial charge in [0.25, 0.3) is 5.91 Å². The second kappa shape index (κ2) is 11.6. The van der Waals surface area contributed by atoms with Gasteiger partial charge in [-0.25, -0.2) is 0 Å². The molecule has 1 atom stereocenters. The third-order valence-electron chi connectivity index (χ3n) is 6.12. The standard InChI is InChI=1S/C27H23ClF6N2OS/c28-22-5-6-23-19(11-22)7-8-35-14-24(23)38-15-16-1-3-18(4-2-16)25(37)36-13-17-9-20(26(29,30)31)12-21(10-17)27(32,33)34/h1-6,9-12,24,35H,7-8,13-15H2,(H,36,37). The molecule has 3 aromatic carbocycles. The Morgan fingerprint density at radius 3 is 2.21 bits per heavy atom. The Bertz CT molecular complexity index is 1260. The number of alkyl halides is 6. The minimum Gasteiger partial charge on any atom is -0.348 e. The summed E-state index contributed by atoms with van der Waals surface area (Å²) in [4.78, 5) is 12.5. The summed E-state index contributed by atoms with van der Waals surface area (Å²) in [6.07, 6.45) is -9.00. The number of thioether (sulfide) groups is 1. The Morgan fingerprint density at radius 2 is 1.58 bits per heavy atom. The highest BCUT2D eigenvalue weighted by Crippen LogP contribution is 2.37. The number of hydrogen-bond donors (Lipinski definition) is 2. The highest BCUT2D eigenvalue weighted by molar-refractivity contribution is 7.98. The van der Waals surface area contributed by atoms with Crippen molar-refractivity contribution in [3.63, 3.8) is 0 Å². The molecule has 202 valence electrons. The molecule has 1 aliphatic heterocycles. The summed E-state index contributed by atoms with van der Waals surface area (Å²) < 4.78 is 78.4. The topological polar surface area (TPSA) is 41.1 Å². The van der Waals surface area contributed by atoms with E-state index in [-0.39, 0.29) is 22.4 Å². The Labute approximate surface area is 225 Å². The lowest BCUT2D eigenvalue weighted by Crippen LogP contribution is -2.23. The molecule has 1 unspecified atom stereocenters. The fourth-order valence-electron chi connectivity index (χ4n) is 4.17. The molecule has 1 aliphatic rings. The summed E-state index contributed by atoms with van der Waals surface area (Å²) >= 11 is 7.90. The van der Waals surface area contributed by atoms with Gasteiger partial charge in [-0.3, -0.25) is 4.79 Å². The van der Waals surface area contributed by atoms with E-state index in [1.54, 1.807) is 36.0 Å². The highest BCUT2D eigenvalue weighted by atomic mass is 35.5. The molecule has 0 radical (unpaired) electrons. The van der Waals surface area contributed by atoms with Gasteiger partial charge in [0, 0.05) is 34.7 Å². The van der Waals surface area contributed by atoms with Crippen molar-refractivity contribution in [2.24, 2.45) is 0 Å². The van der Waals surface area contributed by atoms with Gasteiger partial charge in [0.2, 0.25) is 0 Å². The molecular weight excluding hydrogens is 550 g/mol. The Balaban J connectivity index is 1.38. The zero-order chi connectivity index (χ0) is 27.5. The van der Waals surface area contributed by atoms with Crippen LogP contribution in [0.2, 0.25) is 5.02 Å². The summed E-state index contributed by atoms with van der Waals surface area (Å²) in [5.41, 5.74) is 0.531. The number of benzene rings is 3. The number of nitrogens with one attached hydrogen (secondary N) is 2. The summed E-state index contributed by atoms with van der Waals surface area (Å²) in [7, 11) is 0. The fraction of sp³-hybridized carbons (Fsp3) is 0.296. The molecule has 3 aromatic rings. The SMILES string of the molecule is O=C(NCc1cc(C(F)(F)F)cc(C(F)(F)F)c1)c1ccc(CSC2CNCCc3cc(Cl)ccc32)cc1. The number of carbonyl (C=O) groups excluding carboxylic acids is 1. The van der Waals surface area contributed by atoms with Gasteiger partial charge in [0.1, 0.15) is 0 Å². The van der Waals surface area contributed by atoms with Crippen LogP contribution < -0.4 is 10.6 Å². The van der Waals surface area contributed by atoms with Crippen LogP contribution in [-0.4, -0.2) is 19.0 Å². The van der Waals surface area contributed by atoms with Crippen molar-refractivity contribution in [1.82, 2.24) is 10.6 Å².